The highest BCUT2D eigenvalue weighted by Crippen LogP contribution is 2.20. The molecule has 2 rings (SSSR count). The van der Waals surface area contributed by atoms with E-state index in [1.807, 2.05) is 31.2 Å². The molecular formula is C19H21N3O4. The molecule has 1 heterocycles. The molecule has 2 aromatic rings. The van der Waals surface area contributed by atoms with Crippen molar-refractivity contribution in [1.82, 2.24) is 15.3 Å². The minimum atomic E-state index is -0.788. The van der Waals surface area contributed by atoms with Crippen molar-refractivity contribution in [3.63, 3.8) is 0 Å². The number of nitrogens with zero attached hydrogens (tertiary/aromatic N) is 2. The van der Waals surface area contributed by atoms with Gasteiger partial charge in [0.1, 0.15) is 17.5 Å². The lowest BCUT2D eigenvalue weighted by Crippen LogP contribution is -2.39. The summed E-state index contributed by atoms with van der Waals surface area (Å²) >= 11 is 0. The van der Waals surface area contributed by atoms with Gasteiger partial charge in [0.05, 0.1) is 19.4 Å². The van der Waals surface area contributed by atoms with Crippen molar-refractivity contribution in [2.75, 3.05) is 13.7 Å². The quantitative estimate of drug-likeness (QED) is 0.768. The fraction of sp³-hybridized carbons (Fsp3) is 0.263. The van der Waals surface area contributed by atoms with E-state index in [4.69, 9.17) is 4.74 Å². The van der Waals surface area contributed by atoms with Crippen LogP contribution in [0.1, 0.15) is 30.0 Å². The molecule has 1 amide bonds. The Morgan fingerprint density at radius 3 is 2.54 bits per heavy atom. The molecule has 1 unspecified atom stereocenters. The third-order valence-corrected chi connectivity index (χ3v) is 3.51. The summed E-state index contributed by atoms with van der Waals surface area (Å²) in [7, 11) is 1.26. The number of carbonyl (C=O) groups is 2. The maximum atomic E-state index is 12.4. The zero-order chi connectivity index (χ0) is 19.1. The van der Waals surface area contributed by atoms with Crippen LogP contribution in [0, 0.1) is 0 Å². The maximum Gasteiger partial charge on any atom is 0.328 e. The van der Waals surface area contributed by atoms with E-state index >= 15 is 0 Å². The molecule has 7 nitrogen and oxygen atoms in total. The van der Waals surface area contributed by atoms with Gasteiger partial charge in [-0.3, -0.25) is 4.79 Å². The highest BCUT2D eigenvalue weighted by atomic mass is 16.5. The summed E-state index contributed by atoms with van der Waals surface area (Å²) in [5, 5.41) is 2.54. The number of hydrogen-bond donors (Lipinski definition) is 1. The number of aromatic nitrogens is 2. The fourth-order valence-electron chi connectivity index (χ4n) is 2.19. The van der Waals surface area contributed by atoms with Crippen molar-refractivity contribution >= 4 is 18.0 Å². The summed E-state index contributed by atoms with van der Waals surface area (Å²) in [5.74, 6) is 0.0750. The van der Waals surface area contributed by atoms with Gasteiger partial charge in [-0.15, -0.1) is 0 Å². The number of hydrogen-bond acceptors (Lipinski definition) is 6. The first-order chi connectivity index (χ1) is 12.5. The molecule has 0 radical (unpaired) electrons. The minimum Gasteiger partial charge on any atom is -0.494 e. The van der Waals surface area contributed by atoms with Crippen LogP contribution in [0.4, 0.5) is 0 Å². The second-order valence-corrected chi connectivity index (χ2v) is 5.38. The first-order valence-electron chi connectivity index (χ1n) is 8.12. The molecule has 0 aliphatic carbocycles. The Bertz CT molecular complexity index is 803. The molecule has 1 aromatic carbocycles. The van der Waals surface area contributed by atoms with Crippen molar-refractivity contribution in [2.24, 2.45) is 0 Å². The lowest BCUT2D eigenvalue weighted by atomic mass is 10.2. The lowest BCUT2D eigenvalue weighted by Gasteiger charge is -2.12. The number of rotatable bonds is 7. The van der Waals surface area contributed by atoms with Crippen molar-refractivity contribution in [2.45, 2.75) is 19.9 Å². The molecule has 136 valence electrons. The van der Waals surface area contributed by atoms with E-state index < -0.39 is 17.9 Å². The molecule has 1 atom stereocenters. The molecule has 0 saturated heterocycles. The number of benzene rings is 1. The summed E-state index contributed by atoms with van der Waals surface area (Å²) in [6.45, 7) is 7.71. The molecule has 1 N–H and O–H groups in total. The number of methoxy groups -OCH3 is 1. The zero-order valence-corrected chi connectivity index (χ0v) is 15.0. The smallest absolute Gasteiger partial charge is 0.328 e. The van der Waals surface area contributed by atoms with E-state index in [0.717, 1.165) is 11.3 Å². The van der Waals surface area contributed by atoms with Crippen LogP contribution >= 0.6 is 0 Å². The SMILES string of the molecule is C=Cc1cc(C(=O)NC(C)C(=O)OC)nc(-c2ccc(OCC)cc2)n1. The first-order valence-corrected chi connectivity index (χ1v) is 8.12. The van der Waals surface area contributed by atoms with Gasteiger partial charge in [-0.05, 0) is 50.3 Å². The molecule has 7 heteroatoms. The second-order valence-electron chi connectivity index (χ2n) is 5.38. The largest absolute Gasteiger partial charge is 0.494 e. The Hall–Kier alpha value is -3.22. The minimum absolute atomic E-state index is 0.134. The van der Waals surface area contributed by atoms with Crippen LogP contribution < -0.4 is 10.1 Å². The third-order valence-electron chi connectivity index (χ3n) is 3.51. The number of ether oxygens (including phenoxy) is 2. The molecule has 0 spiro atoms. The van der Waals surface area contributed by atoms with Crippen molar-refractivity contribution in [3.05, 3.63) is 48.3 Å². The molecule has 1 aromatic heterocycles. The fourth-order valence-corrected chi connectivity index (χ4v) is 2.19. The number of amides is 1. The average Bonchev–Trinajstić information content (AvgIpc) is 2.67. The van der Waals surface area contributed by atoms with Crippen LogP contribution in [-0.4, -0.2) is 41.6 Å². The van der Waals surface area contributed by atoms with E-state index in [1.165, 1.54) is 26.2 Å². The third kappa shape index (κ3) is 4.66. The van der Waals surface area contributed by atoms with E-state index in [-0.39, 0.29) is 5.69 Å². The van der Waals surface area contributed by atoms with E-state index in [0.29, 0.717) is 18.1 Å². The van der Waals surface area contributed by atoms with Gasteiger partial charge in [0.2, 0.25) is 0 Å². The van der Waals surface area contributed by atoms with Crippen LogP contribution in [0.25, 0.3) is 17.5 Å². The molecule has 0 bridgehead atoms. The van der Waals surface area contributed by atoms with E-state index in [1.54, 1.807) is 0 Å². The average molecular weight is 355 g/mol. The molecule has 0 fully saturated rings. The molecule has 0 aliphatic heterocycles. The summed E-state index contributed by atoms with van der Waals surface area (Å²) < 4.78 is 10.0. The van der Waals surface area contributed by atoms with Crippen molar-refractivity contribution in [3.8, 4) is 17.1 Å². The van der Waals surface area contributed by atoms with E-state index in [2.05, 4.69) is 26.6 Å². The molecule has 0 saturated carbocycles. The summed E-state index contributed by atoms with van der Waals surface area (Å²) in [5.41, 5.74) is 1.36. The van der Waals surface area contributed by atoms with Gasteiger partial charge in [0.15, 0.2) is 5.82 Å². The van der Waals surface area contributed by atoms with E-state index in [9.17, 15) is 9.59 Å². The van der Waals surface area contributed by atoms with Crippen LogP contribution in [0.2, 0.25) is 0 Å². The highest BCUT2D eigenvalue weighted by molar-refractivity contribution is 5.95. The molecular weight excluding hydrogens is 334 g/mol. The Kier molecular flexibility index (Phi) is 6.43. The standard InChI is InChI=1S/C19H21N3O4/c1-5-14-11-16(18(23)20-12(3)19(24)25-4)22-17(21-14)13-7-9-15(10-8-13)26-6-2/h5,7-12H,1,6H2,2-4H3,(H,20,23). The van der Waals surface area contributed by atoms with Gasteiger partial charge < -0.3 is 14.8 Å². The van der Waals surface area contributed by atoms with Gasteiger partial charge in [0, 0.05) is 5.56 Å². The van der Waals surface area contributed by atoms with Gasteiger partial charge >= 0.3 is 5.97 Å². The maximum absolute atomic E-state index is 12.4. The van der Waals surface area contributed by atoms with Gasteiger partial charge in [-0.2, -0.15) is 0 Å². The predicted molar refractivity (Wildman–Crippen MR) is 97.7 cm³/mol. The number of esters is 1. The topological polar surface area (TPSA) is 90.4 Å². The van der Waals surface area contributed by atoms with Crippen LogP contribution in [0.5, 0.6) is 5.75 Å². The first kappa shape index (κ1) is 19.1. The van der Waals surface area contributed by atoms with Crippen LogP contribution in [0.3, 0.4) is 0 Å². The predicted octanol–water partition coefficient (Wildman–Crippen LogP) is 2.48. The number of nitrogens with one attached hydrogen (secondary N) is 1. The summed E-state index contributed by atoms with van der Waals surface area (Å²) in [4.78, 5) is 32.6. The second kappa shape index (κ2) is 8.75. The Morgan fingerprint density at radius 1 is 1.27 bits per heavy atom. The van der Waals surface area contributed by atoms with Crippen molar-refractivity contribution < 1.29 is 19.1 Å². The Morgan fingerprint density at radius 2 is 1.96 bits per heavy atom. The Labute approximate surface area is 152 Å². The lowest BCUT2D eigenvalue weighted by molar-refractivity contribution is -0.142. The molecule has 26 heavy (non-hydrogen) atoms. The monoisotopic (exact) mass is 355 g/mol. The van der Waals surface area contributed by atoms with Crippen LogP contribution in [-0.2, 0) is 9.53 Å². The van der Waals surface area contributed by atoms with Crippen molar-refractivity contribution in [1.29, 1.82) is 0 Å². The number of carbonyl (C=O) groups excluding carboxylic acids is 2. The van der Waals surface area contributed by atoms with Gasteiger partial charge in [-0.1, -0.05) is 6.58 Å². The zero-order valence-electron chi connectivity index (χ0n) is 15.0. The Balaban J connectivity index is 2.31. The van der Waals surface area contributed by atoms with Crippen LogP contribution in [0.15, 0.2) is 36.9 Å². The molecule has 0 aliphatic rings. The summed E-state index contributed by atoms with van der Waals surface area (Å²) in [6, 6.07) is 7.95. The van der Waals surface area contributed by atoms with Gasteiger partial charge in [0.25, 0.3) is 5.91 Å². The van der Waals surface area contributed by atoms with Gasteiger partial charge in [-0.25, -0.2) is 14.8 Å². The highest BCUT2D eigenvalue weighted by Gasteiger charge is 2.19. The normalized spacial score (nSPS) is 11.3. The summed E-state index contributed by atoms with van der Waals surface area (Å²) in [6.07, 6.45) is 1.53.